The molecule has 0 saturated carbocycles. The standard InChI is InChI=1S/C20H23NO5S/c1-13(2)19(20(23)24)21-27(25,26)18-10-8-17(9-11-18)16-6-4-15(5-7-16)12-14(3)22/h4-11,13,19,21H,12H2,1-3H3,(H,23,24)/t19-/m0/s1. The monoisotopic (exact) mass is 389 g/mol. The Labute approximate surface area is 159 Å². The molecule has 7 heteroatoms. The molecule has 0 spiro atoms. The summed E-state index contributed by atoms with van der Waals surface area (Å²) in [5.74, 6) is -1.51. The second kappa shape index (κ2) is 8.45. The van der Waals surface area contributed by atoms with E-state index in [0.717, 1.165) is 16.7 Å². The Morgan fingerprint density at radius 2 is 1.44 bits per heavy atom. The van der Waals surface area contributed by atoms with Gasteiger partial charge in [0.2, 0.25) is 10.0 Å². The maximum atomic E-state index is 12.4. The van der Waals surface area contributed by atoms with Crippen molar-refractivity contribution in [1.29, 1.82) is 0 Å². The van der Waals surface area contributed by atoms with E-state index in [1.54, 1.807) is 26.0 Å². The lowest BCUT2D eigenvalue weighted by atomic mass is 10.0. The molecule has 0 radical (unpaired) electrons. The minimum absolute atomic E-state index is 0.00588. The molecule has 1 atom stereocenters. The maximum absolute atomic E-state index is 12.4. The van der Waals surface area contributed by atoms with E-state index in [4.69, 9.17) is 0 Å². The quantitative estimate of drug-likeness (QED) is 0.723. The topological polar surface area (TPSA) is 101 Å². The predicted octanol–water partition coefficient (Wildman–Crippen LogP) is 2.87. The van der Waals surface area contributed by atoms with Crippen molar-refractivity contribution < 1.29 is 23.1 Å². The molecule has 0 aromatic heterocycles. The van der Waals surface area contributed by atoms with Crippen molar-refractivity contribution in [1.82, 2.24) is 4.72 Å². The van der Waals surface area contributed by atoms with Crippen molar-refractivity contribution in [2.24, 2.45) is 5.92 Å². The number of hydrogen-bond acceptors (Lipinski definition) is 4. The number of nitrogens with one attached hydrogen (secondary N) is 1. The first-order valence-corrected chi connectivity index (χ1v) is 10.0. The zero-order valence-electron chi connectivity index (χ0n) is 15.5. The molecule has 144 valence electrons. The Hall–Kier alpha value is -2.51. The van der Waals surface area contributed by atoms with Crippen molar-refractivity contribution in [3.8, 4) is 11.1 Å². The molecule has 27 heavy (non-hydrogen) atoms. The van der Waals surface area contributed by atoms with E-state index in [0.29, 0.717) is 6.42 Å². The second-order valence-electron chi connectivity index (χ2n) is 6.78. The molecule has 0 unspecified atom stereocenters. The van der Waals surface area contributed by atoms with Crippen LogP contribution in [-0.4, -0.2) is 31.3 Å². The van der Waals surface area contributed by atoms with Gasteiger partial charge in [-0.3, -0.25) is 9.59 Å². The number of sulfonamides is 1. The Morgan fingerprint density at radius 3 is 1.85 bits per heavy atom. The third-order valence-corrected chi connectivity index (χ3v) is 5.58. The van der Waals surface area contributed by atoms with Crippen molar-refractivity contribution in [2.75, 3.05) is 0 Å². The van der Waals surface area contributed by atoms with Crippen LogP contribution in [0.15, 0.2) is 53.4 Å². The Bertz CT molecular complexity index is 916. The van der Waals surface area contributed by atoms with Gasteiger partial charge in [0.1, 0.15) is 11.8 Å². The molecular formula is C20H23NO5S. The zero-order valence-corrected chi connectivity index (χ0v) is 16.3. The molecule has 0 amide bonds. The number of rotatable bonds is 8. The van der Waals surface area contributed by atoms with Crippen LogP contribution in [0.5, 0.6) is 0 Å². The molecule has 2 aromatic rings. The predicted molar refractivity (Wildman–Crippen MR) is 103 cm³/mol. The number of carbonyl (C=O) groups is 2. The maximum Gasteiger partial charge on any atom is 0.322 e. The van der Waals surface area contributed by atoms with Gasteiger partial charge in [0, 0.05) is 6.42 Å². The van der Waals surface area contributed by atoms with Gasteiger partial charge in [-0.1, -0.05) is 50.2 Å². The summed E-state index contributed by atoms with van der Waals surface area (Å²) >= 11 is 0. The van der Waals surface area contributed by atoms with Crippen LogP contribution in [0, 0.1) is 5.92 Å². The molecule has 6 nitrogen and oxygen atoms in total. The number of aliphatic carboxylic acids is 1. The number of benzene rings is 2. The highest BCUT2D eigenvalue weighted by Crippen LogP contribution is 2.22. The van der Waals surface area contributed by atoms with Gasteiger partial charge in [-0.05, 0) is 41.7 Å². The van der Waals surface area contributed by atoms with E-state index in [1.807, 2.05) is 24.3 Å². The summed E-state index contributed by atoms with van der Waals surface area (Å²) < 4.78 is 27.1. The molecule has 2 aromatic carbocycles. The highest BCUT2D eigenvalue weighted by molar-refractivity contribution is 7.89. The van der Waals surface area contributed by atoms with Crippen LogP contribution in [0.2, 0.25) is 0 Å². The molecule has 0 aliphatic heterocycles. The van der Waals surface area contributed by atoms with E-state index in [1.165, 1.54) is 19.1 Å². The molecule has 0 bridgehead atoms. The summed E-state index contributed by atoms with van der Waals surface area (Å²) in [4.78, 5) is 22.4. The molecule has 2 rings (SSSR count). The number of Topliss-reactive ketones (excluding diaryl/α,β-unsaturated/α-hetero) is 1. The van der Waals surface area contributed by atoms with Gasteiger partial charge >= 0.3 is 5.97 Å². The minimum Gasteiger partial charge on any atom is -0.480 e. The number of carboxylic acids is 1. The summed E-state index contributed by atoms with van der Waals surface area (Å²) in [5.41, 5.74) is 2.63. The van der Waals surface area contributed by atoms with Crippen molar-refractivity contribution in [3.05, 3.63) is 54.1 Å². The van der Waals surface area contributed by atoms with Crippen molar-refractivity contribution in [3.63, 3.8) is 0 Å². The lowest BCUT2D eigenvalue weighted by Crippen LogP contribution is -2.44. The van der Waals surface area contributed by atoms with Crippen LogP contribution in [0.25, 0.3) is 11.1 Å². The van der Waals surface area contributed by atoms with E-state index in [2.05, 4.69) is 4.72 Å². The fourth-order valence-electron chi connectivity index (χ4n) is 2.64. The fourth-order valence-corrected chi connectivity index (χ4v) is 3.97. The number of carboxylic acid groups (broad SMARTS) is 1. The molecule has 0 fully saturated rings. The fraction of sp³-hybridized carbons (Fsp3) is 0.300. The smallest absolute Gasteiger partial charge is 0.322 e. The largest absolute Gasteiger partial charge is 0.480 e. The van der Waals surface area contributed by atoms with Crippen LogP contribution in [0.3, 0.4) is 0 Å². The van der Waals surface area contributed by atoms with E-state index < -0.39 is 22.0 Å². The van der Waals surface area contributed by atoms with E-state index in [-0.39, 0.29) is 16.6 Å². The van der Waals surface area contributed by atoms with Crippen LogP contribution in [0.4, 0.5) is 0 Å². The van der Waals surface area contributed by atoms with Gasteiger partial charge in [0.15, 0.2) is 0 Å². The average molecular weight is 389 g/mol. The Balaban J connectivity index is 2.21. The first-order valence-electron chi connectivity index (χ1n) is 8.54. The normalized spacial score (nSPS) is 12.7. The van der Waals surface area contributed by atoms with Gasteiger partial charge in [0.05, 0.1) is 4.90 Å². The first kappa shape index (κ1) is 20.8. The van der Waals surface area contributed by atoms with Crippen LogP contribution < -0.4 is 4.72 Å². The second-order valence-corrected chi connectivity index (χ2v) is 8.50. The SMILES string of the molecule is CC(=O)Cc1ccc(-c2ccc(S(=O)(=O)N[C@H](C(=O)O)C(C)C)cc2)cc1. The first-order chi connectivity index (χ1) is 12.6. The molecule has 0 heterocycles. The summed E-state index contributed by atoms with van der Waals surface area (Å²) in [6.45, 7) is 4.82. The number of hydrogen-bond donors (Lipinski definition) is 2. The zero-order chi connectivity index (χ0) is 20.2. The third-order valence-electron chi connectivity index (χ3n) is 4.12. The number of ketones is 1. The summed E-state index contributed by atoms with van der Waals surface area (Å²) in [6, 6.07) is 12.5. The molecular weight excluding hydrogens is 366 g/mol. The minimum atomic E-state index is -3.94. The van der Waals surface area contributed by atoms with Crippen LogP contribution >= 0.6 is 0 Å². The van der Waals surface area contributed by atoms with Gasteiger partial charge in [0.25, 0.3) is 0 Å². The summed E-state index contributed by atoms with van der Waals surface area (Å²) in [5, 5.41) is 9.18. The lowest BCUT2D eigenvalue weighted by molar-refractivity contribution is -0.140. The van der Waals surface area contributed by atoms with Gasteiger partial charge in [-0.15, -0.1) is 0 Å². The average Bonchev–Trinajstić information content (AvgIpc) is 2.59. The van der Waals surface area contributed by atoms with Crippen LogP contribution in [0.1, 0.15) is 26.3 Å². The highest BCUT2D eigenvalue weighted by atomic mass is 32.2. The molecule has 0 aliphatic carbocycles. The van der Waals surface area contributed by atoms with Gasteiger partial charge < -0.3 is 5.11 Å². The van der Waals surface area contributed by atoms with Crippen molar-refractivity contribution in [2.45, 2.75) is 38.1 Å². The number of carbonyl (C=O) groups excluding carboxylic acids is 1. The van der Waals surface area contributed by atoms with Gasteiger partial charge in [-0.2, -0.15) is 4.72 Å². The van der Waals surface area contributed by atoms with E-state index in [9.17, 15) is 23.1 Å². The van der Waals surface area contributed by atoms with Crippen molar-refractivity contribution >= 4 is 21.8 Å². The molecule has 2 N–H and O–H groups in total. The lowest BCUT2D eigenvalue weighted by Gasteiger charge is -2.18. The molecule has 0 saturated heterocycles. The highest BCUT2D eigenvalue weighted by Gasteiger charge is 2.27. The Morgan fingerprint density at radius 1 is 0.963 bits per heavy atom. The Kier molecular flexibility index (Phi) is 6.51. The summed E-state index contributed by atoms with van der Waals surface area (Å²) in [6.07, 6.45) is 0.379. The third kappa shape index (κ3) is 5.48. The van der Waals surface area contributed by atoms with E-state index >= 15 is 0 Å². The summed E-state index contributed by atoms with van der Waals surface area (Å²) in [7, 11) is -3.94. The van der Waals surface area contributed by atoms with Gasteiger partial charge in [-0.25, -0.2) is 8.42 Å². The molecule has 0 aliphatic rings. The van der Waals surface area contributed by atoms with Crippen LogP contribution in [-0.2, 0) is 26.0 Å².